The molecule has 12 heteroatoms. The lowest BCUT2D eigenvalue weighted by atomic mass is 10.1. The quantitative estimate of drug-likeness (QED) is 0.262. The smallest absolute Gasteiger partial charge is 0.191 e. The van der Waals surface area contributed by atoms with E-state index in [0.717, 1.165) is 30.2 Å². The molecule has 0 amide bonds. The standard InChI is InChI=1S/C22H24F2N6O3S/c1-2-5-34-22-26-20(25-9-11-6-12(11)10-3-4-13(23)14(24)7-10)17-21(27-22)30(29-28-17)15-8-16(31)19(33)18(15)32/h3-4,7,9,11-12,15-16,18-19,31-33H,2,5-6,8H2,1H3/b25-9+/t11?,12-,15+,16-,18-,19+/m0/s1. The zero-order valence-electron chi connectivity index (χ0n) is 18.3. The van der Waals surface area contributed by atoms with Crippen LogP contribution in [-0.2, 0) is 0 Å². The minimum absolute atomic E-state index is 0.0532. The van der Waals surface area contributed by atoms with Crippen molar-refractivity contribution in [3.63, 3.8) is 0 Å². The van der Waals surface area contributed by atoms with Crippen molar-refractivity contribution in [1.29, 1.82) is 0 Å². The molecule has 2 fully saturated rings. The first-order chi connectivity index (χ1) is 16.4. The Morgan fingerprint density at radius 1 is 1.15 bits per heavy atom. The Morgan fingerprint density at radius 2 is 1.97 bits per heavy atom. The number of aliphatic imine (C=N–C) groups is 1. The first-order valence-electron chi connectivity index (χ1n) is 11.2. The van der Waals surface area contributed by atoms with Gasteiger partial charge in [0.05, 0.1) is 12.1 Å². The summed E-state index contributed by atoms with van der Waals surface area (Å²) in [5, 5.41) is 39.1. The highest BCUT2D eigenvalue weighted by molar-refractivity contribution is 7.99. The summed E-state index contributed by atoms with van der Waals surface area (Å²) in [6.07, 6.45) is -0.0395. The van der Waals surface area contributed by atoms with Gasteiger partial charge < -0.3 is 15.3 Å². The van der Waals surface area contributed by atoms with Crippen LogP contribution in [0.4, 0.5) is 14.6 Å². The number of nitrogens with zero attached hydrogens (tertiary/aromatic N) is 6. The summed E-state index contributed by atoms with van der Waals surface area (Å²) in [4.78, 5) is 13.6. The number of rotatable bonds is 7. The Kier molecular flexibility index (Phi) is 6.32. The van der Waals surface area contributed by atoms with Crippen molar-refractivity contribution in [2.75, 3.05) is 5.75 Å². The van der Waals surface area contributed by atoms with Crippen molar-refractivity contribution in [2.24, 2.45) is 10.9 Å². The van der Waals surface area contributed by atoms with Crippen LogP contribution >= 0.6 is 11.8 Å². The molecule has 34 heavy (non-hydrogen) atoms. The van der Waals surface area contributed by atoms with Crippen LogP contribution in [0.3, 0.4) is 0 Å². The van der Waals surface area contributed by atoms with Crippen LogP contribution in [0.2, 0.25) is 0 Å². The summed E-state index contributed by atoms with van der Waals surface area (Å²) in [6.45, 7) is 2.04. The van der Waals surface area contributed by atoms with Crippen LogP contribution in [0.5, 0.6) is 0 Å². The van der Waals surface area contributed by atoms with Crippen LogP contribution in [0.25, 0.3) is 11.2 Å². The van der Waals surface area contributed by atoms with Crippen LogP contribution in [0.1, 0.15) is 43.7 Å². The molecule has 5 rings (SSSR count). The third-order valence-electron chi connectivity index (χ3n) is 6.26. The van der Waals surface area contributed by atoms with E-state index in [1.165, 1.54) is 22.5 Å². The van der Waals surface area contributed by atoms with Gasteiger partial charge >= 0.3 is 0 Å². The number of aliphatic hydroxyl groups is 3. The van der Waals surface area contributed by atoms with Gasteiger partial charge in [0.25, 0.3) is 0 Å². The molecule has 2 aliphatic rings. The zero-order valence-corrected chi connectivity index (χ0v) is 19.1. The molecule has 0 radical (unpaired) electrons. The molecule has 0 saturated heterocycles. The van der Waals surface area contributed by atoms with Crippen LogP contribution in [0.15, 0.2) is 28.3 Å². The molecule has 3 aromatic rings. The van der Waals surface area contributed by atoms with E-state index in [2.05, 4.69) is 25.3 Å². The third-order valence-corrected chi connectivity index (χ3v) is 7.31. The normalized spacial score (nSPS) is 28.9. The van der Waals surface area contributed by atoms with Crippen molar-refractivity contribution in [2.45, 2.75) is 61.6 Å². The lowest BCUT2D eigenvalue weighted by molar-refractivity contribution is -0.0253. The number of hydrogen-bond acceptors (Lipinski definition) is 9. The molecule has 2 aromatic heterocycles. The van der Waals surface area contributed by atoms with Gasteiger partial charge in [0, 0.05) is 24.3 Å². The van der Waals surface area contributed by atoms with E-state index in [1.807, 2.05) is 6.92 Å². The van der Waals surface area contributed by atoms with Gasteiger partial charge in [-0.2, -0.15) is 0 Å². The lowest BCUT2D eigenvalue weighted by Crippen LogP contribution is -2.31. The largest absolute Gasteiger partial charge is 0.390 e. The van der Waals surface area contributed by atoms with Gasteiger partial charge in [0.1, 0.15) is 12.2 Å². The maximum atomic E-state index is 13.6. The molecule has 2 aliphatic carbocycles. The van der Waals surface area contributed by atoms with Crippen molar-refractivity contribution in [3.8, 4) is 0 Å². The van der Waals surface area contributed by atoms with Gasteiger partial charge in [-0.1, -0.05) is 30.0 Å². The highest BCUT2D eigenvalue weighted by Gasteiger charge is 2.43. The third kappa shape index (κ3) is 4.30. The lowest BCUT2D eigenvalue weighted by Gasteiger charge is -2.16. The summed E-state index contributed by atoms with van der Waals surface area (Å²) in [5.74, 6) is -0.516. The van der Waals surface area contributed by atoms with Crippen molar-refractivity contribution in [3.05, 3.63) is 35.4 Å². The predicted octanol–water partition coefficient (Wildman–Crippen LogP) is 2.54. The van der Waals surface area contributed by atoms with Gasteiger partial charge in [0.15, 0.2) is 33.8 Å². The number of fused-ring (bicyclic) bond motifs is 1. The highest BCUT2D eigenvalue weighted by atomic mass is 32.2. The van der Waals surface area contributed by atoms with E-state index in [-0.39, 0.29) is 18.3 Å². The molecule has 6 atom stereocenters. The predicted molar refractivity (Wildman–Crippen MR) is 121 cm³/mol. The maximum Gasteiger partial charge on any atom is 0.191 e. The first kappa shape index (κ1) is 23.2. The van der Waals surface area contributed by atoms with Gasteiger partial charge in [-0.25, -0.2) is 28.4 Å². The van der Waals surface area contributed by atoms with Crippen LogP contribution in [-0.4, -0.2) is 70.6 Å². The summed E-state index contributed by atoms with van der Waals surface area (Å²) < 4.78 is 28.2. The molecule has 1 unspecified atom stereocenters. The molecule has 2 saturated carbocycles. The molecule has 0 spiro atoms. The second-order valence-electron chi connectivity index (χ2n) is 8.69. The number of hydrogen-bond donors (Lipinski definition) is 3. The average molecular weight is 491 g/mol. The SMILES string of the molecule is CCCSc1nc(/N=C/C2C[C@H]2c2ccc(F)c(F)c2)c2nnn([C@@H]3C[C@H](O)[C@@H](O)[C@H]3O)c2n1. The Bertz CT molecular complexity index is 1240. The Morgan fingerprint density at radius 3 is 2.68 bits per heavy atom. The van der Waals surface area contributed by atoms with Gasteiger partial charge in [-0.3, -0.25) is 0 Å². The van der Waals surface area contributed by atoms with E-state index in [4.69, 9.17) is 0 Å². The van der Waals surface area contributed by atoms with Crippen molar-refractivity contribution in [1.82, 2.24) is 25.0 Å². The minimum atomic E-state index is -1.28. The molecule has 2 heterocycles. The second-order valence-corrected chi connectivity index (χ2v) is 9.76. The van der Waals surface area contributed by atoms with Gasteiger partial charge in [0.2, 0.25) is 0 Å². The zero-order chi connectivity index (χ0) is 24.0. The van der Waals surface area contributed by atoms with Crippen molar-refractivity contribution < 1.29 is 24.1 Å². The molecular weight excluding hydrogens is 466 g/mol. The summed E-state index contributed by atoms with van der Waals surface area (Å²) in [5.41, 5.74) is 1.42. The molecule has 180 valence electrons. The number of benzene rings is 1. The van der Waals surface area contributed by atoms with Gasteiger partial charge in [-0.15, -0.1) is 5.10 Å². The fraction of sp³-hybridized carbons (Fsp3) is 0.500. The maximum absolute atomic E-state index is 13.6. The molecule has 1 aromatic carbocycles. The van der Waals surface area contributed by atoms with E-state index >= 15 is 0 Å². The Hall–Kier alpha value is -2.54. The number of aromatic nitrogens is 5. The monoisotopic (exact) mass is 490 g/mol. The fourth-order valence-electron chi connectivity index (χ4n) is 4.27. The molecular formula is C22H24F2N6O3S. The van der Waals surface area contributed by atoms with E-state index in [1.54, 1.807) is 12.3 Å². The van der Waals surface area contributed by atoms with E-state index in [0.29, 0.717) is 22.1 Å². The number of thioether (sulfide) groups is 1. The molecule has 9 nitrogen and oxygen atoms in total. The topological polar surface area (TPSA) is 130 Å². The van der Waals surface area contributed by atoms with Crippen LogP contribution < -0.4 is 0 Å². The Labute approximate surface area is 198 Å². The molecule has 0 bridgehead atoms. The summed E-state index contributed by atoms with van der Waals surface area (Å²) in [7, 11) is 0. The van der Waals surface area contributed by atoms with E-state index < -0.39 is 36.0 Å². The summed E-state index contributed by atoms with van der Waals surface area (Å²) >= 11 is 1.45. The highest BCUT2D eigenvalue weighted by Crippen LogP contribution is 2.46. The Balaban J connectivity index is 1.44. The van der Waals surface area contributed by atoms with Gasteiger partial charge in [-0.05, 0) is 36.5 Å². The molecule has 0 aliphatic heterocycles. The summed E-state index contributed by atoms with van der Waals surface area (Å²) in [6, 6.07) is 3.25. The van der Waals surface area contributed by atoms with Crippen molar-refractivity contribution >= 4 is 35.0 Å². The molecule has 3 N–H and O–H groups in total. The second kappa shape index (κ2) is 9.25. The minimum Gasteiger partial charge on any atom is -0.390 e. The van der Waals surface area contributed by atoms with Crippen LogP contribution in [0, 0.1) is 17.6 Å². The first-order valence-corrected chi connectivity index (χ1v) is 12.1. The number of aliphatic hydroxyl groups excluding tert-OH is 3. The number of halogens is 2. The average Bonchev–Trinajstić information content (AvgIpc) is 3.42. The van der Waals surface area contributed by atoms with E-state index in [9.17, 15) is 24.1 Å². The fourth-order valence-corrected chi connectivity index (χ4v) is 4.95.